The second-order valence-electron chi connectivity index (χ2n) is 4.45. The van der Waals surface area contributed by atoms with E-state index >= 15 is 0 Å². The Kier molecular flexibility index (Phi) is 4.76. The molecule has 1 atom stereocenters. The molecule has 2 N–H and O–H groups in total. The van der Waals surface area contributed by atoms with E-state index in [9.17, 15) is 4.79 Å². The summed E-state index contributed by atoms with van der Waals surface area (Å²) in [7, 11) is 1.65. The maximum Gasteiger partial charge on any atom is 0.345 e. The molecule has 5 heteroatoms. The maximum absolute atomic E-state index is 10.8. The first-order chi connectivity index (χ1) is 9.60. The number of thiophene rings is 1. The van der Waals surface area contributed by atoms with Crippen LogP contribution in [0.1, 0.15) is 33.1 Å². The highest BCUT2D eigenvalue weighted by molar-refractivity contribution is 7.13. The number of benzene rings is 1. The minimum atomic E-state index is -0.873. The van der Waals surface area contributed by atoms with Crippen molar-refractivity contribution in [3.8, 4) is 5.75 Å². The Morgan fingerprint density at radius 1 is 1.40 bits per heavy atom. The van der Waals surface area contributed by atoms with Crippen LogP contribution in [-0.2, 0) is 6.54 Å². The molecule has 0 radical (unpaired) electrons. The van der Waals surface area contributed by atoms with Crippen molar-refractivity contribution in [2.45, 2.75) is 19.5 Å². The van der Waals surface area contributed by atoms with Crippen LogP contribution in [0.2, 0.25) is 0 Å². The fourth-order valence-electron chi connectivity index (χ4n) is 1.87. The van der Waals surface area contributed by atoms with Gasteiger partial charge in [0.2, 0.25) is 0 Å². The van der Waals surface area contributed by atoms with Gasteiger partial charge in [-0.05, 0) is 36.8 Å². The zero-order chi connectivity index (χ0) is 14.5. The Hall–Kier alpha value is -1.85. The lowest BCUT2D eigenvalue weighted by Gasteiger charge is -2.14. The zero-order valence-electron chi connectivity index (χ0n) is 11.4. The number of methoxy groups -OCH3 is 1. The Bertz CT molecular complexity index is 594. The smallest absolute Gasteiger partial charge is 0.345 e. The fraction of sp³-hybridized carbons (Fsp3) is 0.267. The molecule has 0 fully saturated rings. The maximum atomic E-state index is 10.8. The molecule has 1 heterocycles. The van der Waals surface area contributed by atoms with Crippen LogP contribution in [0.25, 0.3) is 0 Å². The van der Waals surface area contributed by atoms with Gasteiger partial charge in [-0.2, -0.15) is 0 Å². The van der Waals surface area contributed by atoms with Gasteiger partial charge in [0.15, 0.2) is 0 Å². The van der Waals surface area contributed by atoms with Crippen molar-refractivity contribution in [3.05, 3.63) is 51.7 Å². The molecule has 0 aliphatic rings. The number of aromatic carboxylic acids is 1. The quantitative estimate of drug-likeness (QED) is 0.857. The van der Waals surface area contributed by atoms with Gasteiger partial charge in [0.05, 0.1) is 7.11 Å². The molecule has 20 heavy (non-hydrogen) atoms. The molecule has 4 nitrogen and oxygen atoms in total. The Morgan fingerprint density at radius 3 is 2.85 bits per heavy atom. The Balaban J connectivity index is 1.96. The predicted octanol–water partition coefficient (Wildman–Crippen LogP) is 3.31. The van der Waals surface area contributed by atoms with Gasteiger partial charge in [0.25, 0.3) is 0 Å². The number of hydrogen-bond donors (Lipinski definition) is 2. The zero-order valence-corrected chi connectivity index (χ0v) is 12.2. The van der Waals surface area contributed by atoms with Crippen LogP contribution in [0.15, 0.2) is 36.4 Å². The van der Waals surface area contributed by atoms with Crippen molar-refractivity contribution in [3.63, 3.8) is 0 Å². The first-order valence-electron chi connectivity index (χ1n) is 6.29. The lowest BCUT2D eigenvalue weighted by molar-refractivity contribution is 0.0702. The summed E-state index contributed by atoms with van der Waals surface area (Å²) in [5.74, 6) is -0.0393. The molecule has 0 amide bonds. The molecule has 1 aromatic heterocycles. The second-order valence-corrected chi connectivity index (χ2v) is 5.62. The van der Waals surface area contributed by atoms with Crippen molar-refractivity contribution in [2.75, 3.05) is 7.11 Å². The summed E-state index contributed by atoms with van der Waals surface area (Å²) in [6.07, 6.45) is 0. The van der Waals surface area contributed by atoms with E-state index in [0.29, 0.717) is 11.4 Å². The summed E-state index contributed by atoms with van der Waals surface area (Å²) in [5.41, 5.74) is 1.14. The van der Waals surface area contributed by atoms with Gasteiger partial charge in [-0.3, -0.25) is 0 Å². The van der Waals surface area contributed by atoms with Crippen molar-refractivity contribution in [2.24, 2.45) is 0 Å². The number of carboxylic acid groups (broad SMARTS) is 1. The van der Waals surface area contributed by atoms with E-state index in [1.165, 1.54) is 11.3 Å². The number of carbonyl (C=O) groups is 1. The molecule has 2 rings (SSSR count). The van der Waals surface area contributed by atoms with Crippen LogP contribution >= 0.6 is 11.3 Å². The number of carboxylic acids is 1. The van der Waals surface area contributed by atoms with E-state index in [1.807, 2.05) is 30.3 Å². The van der Waals surface area contributed by atoms with E-state index in [4.69, 9.17) is 9.84 Å². The van der Waals surface area contributed by atoms with Crippen LogP contribution < -0.4 is 10.1 Å². The summed E-state index contributed by atoms with van der Waals surface area (Å²) >= 11 is 1.30. The molecule has 2 aromatic rings. The van der Waals surface area contributed by atoms with Crippen molar-refractivity contribution < 1.29 is 14.6 Å². The lowest BCUT2D eigenvalue weighted by Crippen LogP contribution is -2.17. The highest BCUT2D eigenvalue weighted by Crippen LogP contribution is 2.21. The summed E-state index contributed by atoms with van der Waals surface area (Å²) in [6, 6.07) is 11.6. The van der Waals surface area contributed by atoms with Crippen LogP contribution in [0.5, 0.6) is 5.75 Å². The topological polar surface area (TPSA) is 58.6 Å². The number of rotatable bonds is 6. The van der Waals surface area contributed by atoms with E-state index in [2.05, 4.69) is 12.2 Å². The van der Waals surface area contributed by atoms with E-state index in [1.54, 1.807) is 13.2 Å². The highest BCUT2D eigenvalue weighted by Gasteiger charge is 2.09. The predicted molar refractivity (Wildman–Crippen MR) is 79.5 cm³/mol. The average Bonchev–Trinajstić information content (AvgIpc) is 2.94. The minimum absolute atomic E-state index is 0.167. The fourth-order valence-corrected chi connectivity index (χ4v) is 2.67. The normalized spacial score (nSPS) is 12.1. The van der Waals surface area contributed by atoms with Crippen molar-refractivity contribution in [1.82, 2.24) is 5.32 Å². The molecule has 0 saturated heterocycles. The van der Waals surface area contributed by atoms with Gasteiger partial charge in [-0.1, -0.05) is 12.1 Å². The third kappa shape index (κ3) is 3.59. The largest absolute Gasteiger partial charge is 0.497 e. The van der Waals surface area contributed by atoms with Crippen molar-refractivity contribution in [1.29, 1.82) is 0 Å². The van der Waals surface area contributed by atoms with Gasteiger partial charge in [0.1, 0.15) is 10.6 Å². The van der Waals surface area contributed by atoms with Gasteiger partial charge < -0.3 is 15.2 Å². The van der Waals surface area contributed by atoms with Crippen LogP contribution in [0.4, 0.5) is 0 Å². The molecule has 106 valence electrons. The minimum Gasteiger partial charge on any atom is -0.497 e. The molecule has 0 bridgehead atoms. The van der Waals surface area contributed by atoms with Gasteiger partial charge in [0, 0.05) is 17.5 Å². The standard InChI is InChI=1S/C15H17NO3S/c1-10(11-4-3-5-12(8-11)19-2)16-9-13-6-7-14(20-13)15(17)18/h3-8,10,16H,9H2,1-2H3,(H,17,18)/t10-/m1/s1. The molecular weight excluding hydrogens is 274 g/mol. The first-order valence-corrected chi connectivity index (χ1v) is 7.11. The molecule has 0 spiro atoms. The summed E-state index contributed by atoms with van der Waals surface area (Å²) in [5, 5.41) is 12.3. The Morgan fingerprint density at radius 2 is 2.20 bits per heavy atom. The van der Waals surface area contributed by atoms with Gasteiger partial charge >= 0.3 is 5.97 Å². The average molecular weight is 291 g/mol. The highest BCUT2D eigenvalue weighted by atomic mass is 32.1. The number of nitrogens with one attached hydrogen (secondary N) is 1. The number of hydrogen-bond acceptors (Lipinski definition) is 4. The van der Waals surface area contributed by atoms with E-state index in [0.717, 1.165) is 16.2 Å². The third-order valence-electron chi connectivity index (χ3n) is 3.05. The molecule has 0 aliphatic heterocycles. The van der Waals surface area contributed by atoms with E-state index in [-0.39, 0.29) is 6.04 Å². The van der Waals surface area contributed by atoms with Gasteiger partial charge in [-0.15, -0.1) is 11.3 Å². The lowest BCUT2D eigenvalue weighted by atomic mass is 10.1. The summed E-state index contributed by atoms with van der Waals surface area (Å²) < 4.78 is 5.21. The van der Waals surface area contributed by atoms with Crippen LogP contribution in [-0.4, -0.2) is 18.2 Å². The first kappa shape index (κ1) is 14.6. The monoisotopic (exact) mass is 291 g/mol. The molecule has 0 unspecified atom stereocenters. The summed E-state index contributed by atoms with van der Waals surface area (Å²) in [6.45, 7) is 2.72. The molecule has 0 saturated carbocycles. The summed E-state index contributed by atoms with van der Waals surface area (Å²) in [4.78, 5) is 12.2. The number of ether oxygens (including phenoxy) is 1. The van der Waals surface area contributed by atoms with Gasteiger partial charge in [-0.25, -0.2) is 4.79 Å². The Labute approximate surface area is 122 Å². The van der Waals surface area contributed by atoms with Crippen LogP contribution in [0, 0.1) is 0 Å². The molecular formula is C15H17NO3S. The third-order valence-corrected chi connectivity index (χ3v) is 4.12. The molecule has 0 aliphatic carbocycles. The SMILES string of the molecule is COc1cccc([C@@H](C)NCc2ccc(C(=O)O)s2)c1. The van der Waals surface area contributed by atoms with E-state index < -0.39 is 5.97 Å². The second kappa shape index (κ2) is 6.54. The van der Waals surface area contributed by atoms with Crippen molar-refractivity contribution >= 4 is 17.3 Å². The van der Waals surface area contributed by atoms with Crippen LogP contribution in [0.3, 0.4) is 0 Å². The molecule has 1 aromatic carbocycles.